The molecular weight excluding hydrogens is 264 g/mol. The molecule has 0 saturated carbocycles. The van der Waals surface area contributed by atoms with Crippen molar-refractivity contribution in [3.63, 3.8) is 0 Å². The van der Waals surface area contributed by atoms with Gasteiger partial charge in [0.1, 0.15) is 18.7 Å². The molecule has 2 rings (SSSR count). The lowest BCUT2D eigenvalue weighted by atomic mass is 10.3. The summed E-state index contributed by atoms with van der Waals surface area (Å²) in [5, 5.41) is 9.58. The summed E-state index contributed by atoms with van der Waals surface area (Å²) in [5.41, 5.74) is 0. The van der Waals surface area contributed by atoms with Crippen LogP contribution in [0.1, 0.15) is 6.92 Å². The minimum absolute atomic E-state index is 0.229. The van der Waals surface area contributed by atoms with Gasteiger partial charge in [-0.25, -0.2) is 9.78 Å². The highest BCUT2D eigenvalue weighted by Gasteiger charge is 2.16. The van der Waals surface area contributed by atoms with Crippen LogP contribution in [0.4, 0.5) is 11.9 Å². The number of hydrogen-bond acceptors (Lipinski definition) is 9. The summed E-state index contributed by atoms with van der Waals surface area (Å²) >= 11 is 0. The highest BCUT2D eigenvalue weighted by Crippen LogP contribution is 2.09. The average molecular weight is 278 g/mol. The number of methoxy groups -OCH3 is 1. The van der Waals surface area contributed by atoms with Gasteiger partial charge in [0.05, 0.1) is 7.11 Å². The third-order valence-electron chi connectivity index (χ3n) is 2.37. The Hall–Kier alpha value is -2.78. The van der Waals surface area contributed by atoms with Gasteiger partial charge >= 0.3 is 5.97 Å². The molecule has 0 saturated heterocycles. The van der Waals surface area contributed by atoms with Crippen molar-refractivity contribution in [3.05, 3.63) is 12.7 Å². The summed E-state index contributed by atoms with van der Waals surface area (Å²) in [5.74, 6) is 0.429. The fourth-order valence-corrected chi connectivity index (χ4v) is 1.38. The van der Waals surface area contributed by atoms with E-state index >= 15 is 0 Å². The van der Waals surface area contributed by atoms with Gasteiger partial charge < -0.3 is 15.4 Å². The van der Waals surface area contributed by atoms with Crippen molar-refractivity contribution < 1.29 is 9.53 Å². The Kier molecular flexibility index (Phi) is 4.03. The van der Waals surface area contributed by atoms with Gasteiger partial charge in [-0.15, -0.1) is 0 Å². The SMILES string of the molecule is CNc1nc(NC(C)C(=O)OC)nc(-n2cncn2)n1. The summed E-state index contributed by atoms with van der Waals surface area (Å²) in [6, 6.07) is -0.587. The fourth-order valence-electron chi connectivity index (χ4n) is 1.38. The Balaban J connectivity index is 2.29. The van der Waals surface area contributed by atoms with Crippen LogP contribution in [0.25, 0.3) is 5.95 Å². The molecule has 1 atom stereocenters. The van der Waals surface area contributed by atoms with Crippen LogP contribution >= 0.6 is 0 Å². The number of rotatable bonds is 5. The lowest BCUT2D eigenvalue weighted by Crippen LogP contribution is -2.28. The summed E-state index contributed by atoms with van der Waals surface area (Å²) in [6.07, 6.45) is 2.83. The normalized spacial score (nSPS) is 11.8. The average Bonchev–Trinajstić information content (AvgIpc) is 3.00. The second-order valence-corrected chi connectivity index (χ2v) is 3.76. The maximum Gasteiger partial charge on any atom is 0.328 e. The molecule has 0 aliphatic heterocycles. The predicted octanol–water partition coefficient (Wildman–Crippen LogP) is -0.533. The van der Waals surface area contributed by atoms with Crippen LogP contribution in [-0.4, -0.2) is 55.9 Å². The molecule has 0 fully saturated rings. The topological polar surface area (TPSA) is 120 Å². The van der Waals surface area contributed by atoms with Crippen molar-refractivity contribution in [2.75, 3.05) is 24.8 Å². The molecule has 0 spiro atoms. The van der Waals surface area contributed by atoms with E-state index in [1.54, 1.807) is 14.0 Å². The molecule has 2 aromatic rings. The van der Waals surface area contributed by atoms with Crippen molar-refractivity contribution in [1.29, 1.82) is 0 Å². The number of anilines is 2. The van der Waals surface area contributed by atoms with Gasteiger partial charge in [-0.3, -0.25) is 0 Å². The molecular formula is C10H14N8O2. The van der Waals surface area contributed by atoms with Crippen molar-refractivity contribution in [2.45, 2.75) is 13.0 Å². The predicted molar refractivity (Wildman–Crippen MR) is 69.4 cm³/mol. The molecule has 0 aromatic carbocycles. The second kappa shape index (κ2) is 5.91. The standard InChI is InChI=1S/C10H14N8O2/c1-6(7(19)20-3)14-9-15-8(11-2)16-10(17-9)18-5-12-4-13-18/h4-6H,1-3H3,(H2,11,14,15,16,17). The summed E-state index contributed by atoms with van der Waals surface area (Å²) < 4.78 is 6.01. The van der Waals surface area contributed by atoms with Crippen LogP contribution in [-0.2, 0) is 9.53 Å². The van der Waals surface area contributed by atoms with E-state index in [4.69, 9.17) is 0 Å². The van der Waals surface area contributed by atoms with Gasteiger partial charge in [-0.2, -0.15) is 24.7 Å². The van der Waals surface area contributed by atoms with Crippen LogP contribution in [0.15, 0.2) is 12.7 Å². The maximum atomic E-state index is 11.4. The van der Waals surface area contributed by atoms with Gasteiger partial charge in [0.2, 0.25) is 11.9 Å². The number of ether oxygens (including phenoxy) is 1. The molecule has 0 radical (unpaired) electrons. The van der Waals surface area contributed by atoms with E-state index in [9.17, 15) is 4.79 Å². The van der Waals surface area contributed by atoms with E-state index in [2.05, 4.69) is 40.4 Å². The number of aromatic nitrogens is 6. The summed E-state index contributed by atoms with van der Waals surface area (Å²) in [7, 11) is 2.99. The Morgan fingerprint density at radius 3 is 2.70 bits per heavy atom. The molecule has 2 heterocycles. The van der Waals surface area contributed by atoms with E-state index in [0.29, 0.717) is 5.95 Å². The van der Waals surface area contributed by atoms with E-state index in [1.165, 1.54) is 24.4 Å². The van der Waals surface area contributed by atoms with Gasteiger partial charge in [0.25, 0.3) is 5.95 Å². The first-order chi connectivity index (χ1) is 9.63. The third kappa shape index (κ3) is 2.96. The zero-order chi connectivity index (χ0) is 14.5. The zero-order valence-corrected chi connectivity index (χ0v) is 11.2. The molecule has 106 valence electrons. The Bertz CT molecular complexity index is 585. The van der Waals surface area contributed by atoms with Gasteiger partial charge in [-0.05, 0) is 6.92 Å². The van der Waals surface area contributed by atoms with Crippen LogP contribution in [0.2, 0.25) is 0 Å². The summed E-state index contributed by atoms with van der Waals surface area (Å²) in [4.78, 5) is 27.6. The van der Waals surface area contributed by atoms with Crippen LogP contribution in [0, 0.1) is 0 Å². The Labute approximate surface area is 114 Å². The smallest absolute Gasteiger partial charge is 0.328 e. The van der Waals surface area contributed by atoms with Crippen molar-refractivity contribution in [3.8, 4) is 5.95 Å². The first-order valence-corrected chi connectivity index (χ1v) is 5.77. The molecule has 0 aliphatic rings. The lowest BCUT2D eigenvalue weighted by Gasteiger charge is -2.12. The monoisotopic (exact) mass is 278 g/mol. The Morgan fingerprint density at radius 1 is 1.35 bits per heavy atom. The second-order valence-electron chi connectivity index (χ2n) is 3.76. The van der Waals surface area contributed by atoms with E-state index in [0.717, 1.165) is 0 Å². The van der Waals surface area contributed by atoms with Crippen LogP contribution in [0.5, 0.6) is 0 Å². The molecule has 0 aliphatic carbocycles. The quantitative estimate of drug-likeness (QED) is 0.695. The number of nitrogens with zero attached hydrogens (tertiary/aromatic N) is 6. The number of carbonyl (C=O) groups excluding carboxylic acids is 1. The third-order valence-corrected chi connectivity index (χ3v) is 2.37. The Morgan fingerprint density at radius 2 is 2.10 bits per heavy atom. The minimum Gasteiger partial charge on any atom is -0.467 e. The van der Waals surface area contributed by atoms with E-state index < -0.39 is 12.0 Å². The largest absolute Gasteiger partial charge is 0.467 e. The van der Waals surface area contributed by atoms with Crippen molar-refractivity contribution in [1.82, 2.24) is 29.7 Å². The van der Waals surface area contributed by atoms with E-state index in [-0.39, 0.29) is 11.9 Å². The molecule has 0 bridgehead atoms. The molecule has 2 aromatic heterocycles. The molecule has 0 amide bonds. The van der Waals surface area contributed by atoms with Crippen LogP contribution < -0.4 is 10.6 Å². The molecule has 2 N–H and O–H groups in total. The van der Waals surface area contributed by atoms with Crippen molar-refractivity contribution in [2.24, 2.45) is 0 Å². The first-order valence-electron chi connectivity index (χ1n) is 5.77. The highest BCUT2D eigenvalue weighted by atomic mass is 16.5. The van der Waals surface area contributed by atoms with Crippen LogP contribution in [0.3, 0.4) is 0 Å². The number of esters is 1. The number of hydrogen-bond donors (Lipinski definition) is 2. The number of carbonyl (C=O) groups is 1. The molecule has 20 heavy (non-hydrogen) atoms. The lowest BCUT2D eigenvalue weighted by molar-refractivity contribution is -0.141. The van der Waals surface area contributed by atoms with Gasteiger partial charge in [0.15, 0.2) is 0 Å². The minimum atomic E-state index is -0.587. The highest BCUT2D eigenvalue weighted by molar-refractivity contribution is 5.77. The first kappa shape index (κ1) is 13.6. The molecule has 10 heteroatoms. The van der Waals surface area contributed by atoms with Gasteiger partial charge in [-0.1, -0.05) is 0 Å². The van der Waals surface area contributed by atoms with E-state index in [1.807, 2.05) is 0 Å². The summed E-state index contributed by atoms with van der Waals surface area (Å²) in [6.45, 7) is 1.64. The fraction of sp³-hybridized carbons (Fsp3) is 0.400. The maximum absolute atomic E-state index is 11.4. The van der Waals surface area contributed by atoms with Crippen molar-refractivity contribution >= 4 is 17.9 Å². The molecule has 10 nitrogen and oxygen atoms in total. The number of nitrogens with one attached hydrogen (secondary N) is 2. The molecule has 1 unspecified atom stereocenters. The van der Waals surface area contributed by atoms with Gasteiger partial charge in [0, 0.05) is 7.05 Å². The zero-order valence-electron chi connectivity index (χ0n) is 11.2.